The number of hydrogen-bond acceptors (Lipinski definition) is 5. The van der Waals surface area contributed by atoms with Crippen molar-refractivity contribution in [3.05, 3.63) is 46.9 Å². The van der Waals surface area contributed by atoms with Crippen molar-refractivity contribution in [1.29, 1.82) is 0 Å². The molecule has 2 aliphatic rings. The molecule has 0 aromatic heterocycles. The van der Waals surface area contributed by atoms with Gasteiger partial charge >= 0.3 is 0 Å². The van der Waals surface area contributed by atoms with Gasteiger partial charge in [0.2, 0.25) is 0 Å². The highest BCUT2D eigenvalue weighted by Gasteiger charge is 2.39. The normalized spacial score (nSPS) is 24.6. The van der Waals surface area contributed by atoms with Crippen molar-refractivity contribution < 1.29 is 4.79 Å². The molecule has 5 heteroatoms. The van der Waals surface area contributed by atoms with E-state index >= 15 is 0 Å². The number of thiocarbonyl (C=S) groups is 1. The largest absolute Gasteiger partial charge is 0.334 e. The maximum atomic E-state index is 12.7. The fraction of sp³-hybridized carbons (Fsp3) is 0.250. The molecule has 1 saturated heterocycles. The number of fused-ring (bicyclic) bond motifs is 1. The van der Waals surface area contributed by atoms with E-state index in [1.807, 2.05) is 12.1 Å². The van der Waals surface area contributed by atoms with Gasteiger partial charge < -0.3 is 4.90 Å². The van der Waals surface area contributed by atoms with Gasteiger partial charge in [0.05, 0.1) is 25.7 Å². The van der Waals surface area contributed by atoms with Crippen LogP contribution in [-0.2, 0) is 4.79 Å². The topological polar surface area (TPSA) is 20.3 Å². The summed E-state index contributed by atoms with van der Waals surface area (Å²) in [6.45, 7) is 6.67. The first-order valence-electron chi connectivity index (χ1n) is 6.82. The molecule has 0 aliphatic carbocycles. The molecule has 3 rings (SSSR count). The lowest BCUT2D eigenvalue weighted by atomic mass is 10.0. The molecular formula is C16H15NOS3. The SMILES string of the molecule is C=CCC1C(=O)/C(=C2/Sc3ccccc3N2CC)SC1=S. The average Bonchev–Trinajstić information content (AvgIpc) is 2.99. The zero-order valence-corrected chi connectivity index (χ0v) is 14.1. The molecular weight excluding hydrogens is 318 g/mol. The maximum absolute atomic E-state index is 12.7. The Labute approximate surface area is 138 Å². The van der Waals surface area contributed by atoms with E-state index in [2.05, 4.69) is 30.5 Å². The molecule has 1 atom stereocenters. The third-order valence-electron chi connectivity index (χ3n) is 3.55. The summed E-state index contributed by atoms with van der Waals surface area (Å²) in [7, 11) is 0. The molecule has 1 aromatic carbocycles. The van der Waals surface area contributed by atoms with E-state index in [9.17, 15) is 4.79 Å². The number of Topliss-reactive ketones (excluding diaryl/α,β-unsaturated/α-hetero) is 1. The summed E-state index contributed by atoms with van der Waals surface area (Å²) in [5, 5.41) is 1.03. The number of ketones is 1. The van der Waals surface area contributed by atoms with Gasteiger partial charge in [-0.2, -0.15) is 0 Å². The summed E-state index contributed by atoms with van der Waals surface area (Å²) >= 11 is 8.52. The smallest absolute Gasteiger partial charge is 0.181 e. The summed E-state index contributed by atoms with van der Waals surface area (Å²) in [5.74, 6) is -0.0355. The minimum absolute atomic E-state index is 0.152. The van der Waals surface area contributed by atoms with Crippen LogP contribution in [-0.4, -0.2) is 16.5 Å². The van der Waals surface area contributed by atoms with E-state index in [0.717, 1.165) is 20.7 Å². The summed E-state index contributed by atoms with van der Waals surface area (Å²) in [6.07, 6.45) is 2.41. The van der Waals surface area contributed by atoms with Gasteiger partial charge in [0, 0.05) is 11.4 Å². The molecule has 0 amide bonds. The Morgan fingerprint density at radius 2 is 2.14 bits per heavy atom. The number of allylic oxidation sites excluding steroid dienone is 2. The zero-order valence-electron chi connectivity index (χ0n) is 11.7. The Balaban J connectivity index is 2.03. The van der Waals surface area contributed by atoms with Crippen LogP contribution in [0.25, 0.3) is 0 Å². The van der Waals surface area contributed by atoms with Gasteiger partial charge in [0.15, 0.2) is 5.78 Å². The predicted molar refractivity (Wildman–Crippen MR) is 95.8 cm³/mol. The lowest BCUT2D eigenvalue weighted by Crippen LogP contribution is -2.20. The first kappa shape index (κ1) is 14.9. The second-order valence-electron chi connectivity index (χ2n) is 4.81. The molecule has 1 fully saturated rings. The van der Waals surface area contributed by atoms with E-state index in [0.29, 0.717) is 6.42 Å². The molecule has 0 saturated carbocycles. The Morgan fingerprint density at radius 3 is 2.86 bits per heavy atom. The highest BCUT2D eigenvalue weighted by atomic mass is 32.2. The number of nitrogens with zero attached hydrogens (tertiary/aromatic N) is 1. The van der Waals surface area contributed by atoms with Gasteiger partial charge in [-0.1, -0.05) is 54.0 Å². The molecule has 21 heavy (non-hydrogen) atoms. The summed E-state index contributed by atoms with van der Waals surface area (Å²) in [6, 6.07) is 8.26. The van der Waals surface area contributed by atoms with Crippen molar-refractivity contribution in [2.75, 3.05) is 11.4 Å². The highest BCUT2D eigenvalue weighted by Crippen LogP contribution is 2.51. The molecule has 0 bridgehead atoms. The van der Waals surface area contributed by atoms with Crippen LogP contribution in [0.15, 0.2) is 51.8 Å². The van der Waals surface area contributed by atoms with Crippen molar-refractivity contribution in [1.82, 2.24) is 0 Å². The predicted octanol–water partition coefficient (Wildman–Crippen LogP) is 4.62. The highest BCUT2D eigenvalue weighted by molar-refractivity contribution is 8.27. The zero-order chi connectivity index (χ0) is 15.0. The van der Waals surface area contributed by atoms with Crippen LogP contribution < -0.4 is 4.90 Å². The second kappa shape index (κ2) is 5.99. The van der Waals surface area contributed by atoms with Crippen LogP contribution in [0, 0.1) is 5.92 Å². The van der Waals surface area contributed by atoms with Crippen LogP contribution in [0.1, 0.15) is 13.3 Å². The number of para-hydroxylation sites is 1. The fourth-order valence-electron chi connectivity index (χ4n) is 2.52. The molecule has 0 radical (unpaired) electrons. The summed E-state index contributed by atoms with van der Waals surface area (Å²) in [4.78, 5) is 16.9. The molecule has 108 valence electrons. The maximum Gasteiger partial charge on any atom is 0.181 e. The minimum atomic E-state index is -0.187. The van der Waals surface area contributed by atoms with Crippen LogP contribution in [0.5, 0.6) is 0 Å². The van der Waals surface area contributed by atoms with Gasteiger partial charge in [-0.15, -0.1) is 6.58 Å². The van der Waals surface area contributed by atoms with Gasteiger partial charge in [0.1, 0.15) is 0 Å². The lowest BCUT2D eigenvalue weighted by Gasteiger charge is -2.19. The fourth-order valence-corrected chi connectivity index (χ4v) is 5.38. The quantitative estimate of drug-likeness (QED) is 0.455. The number of carbonyl (C=O) groups excluding carboxylic acids is 1. The van der Waals surface area contributed by atoms with Crippen LogP contribution >= 0.6 is 35.7 Å². The number of carbonyl (C=O) groups is 1. The molecule has 2 aliphatic heterocycles. The Kier molecular flexibility index (Phi) is 4.24. The van der Waals surface area contributed by atoms with E-state index in [4.69, 9.17) is 12.2 Å². The second-order valence-corrected chi connectivity index (χ2v) is 7.59. The van der Waals surface area contributed by atoms with Gasteiger partial charge in [0.25, 0.3) is 0 Å². The van der Waals surface area contributed by atoms with Crippen molar-refractivity contribution in [2.24, 2.45) is 5.92 Å². The van der Waals surface area contributed by atoms with E-state index in [1.165, 1.54) is 22.3 Å². The summed E-state index contributed by atoms with van der Waals surface area (Å²) in [5.41, 5.74) is 1.18. The minimum Gasteiger partial charge on any atom is -0.334 e. The first-order chi connectivity index (χ1) is 10.2. The Bertz CT molecular complexity index is 665. The Morgan fingerprint density at radius 1 is 1.38 bits per heavy atom. The third-order valence-corrected chi connectivity index (χ3v) is 6.48. The van der Waals surface area contributed by atoms with Gasteiger partial charge in [-0.3, -0.25) is 4.79 Å². The van der Waals surface area contributed by atoms with Crippen molar-refractivity contribution in [3.8, 4) is 0 Å². The Hall–Kier alpha value is -1.04. The van der Waals surface area contributed by atoms with E-state index in [1.54, 1.807) is 17.8 Å². The monoisotopic (exact) mass is 333 g/mol. The molecule has 1 unspecified atom stereocenters. The van der Waals surface area contributed by atoms with Gasteiger partial charge in [-0.05, 0) is 25.5 Å². The van der Waals surface area contributed by atoms with E-state index < -0.39 is 0 Å². The van der Waals surface area contributed by atoms with Crippen LogP contribution in [0.4, 0.5) is 5.69 Å². The number of thioether (sulfide) groups is 2. The van der Waals surface area contributed by atoms with Crippen molar-refractivity contribution >= 4 is 51.4 Å². The number of hydrogen-bond donors (Lipinski definition) is 0. The molecule has 2 nitrogen and oxygen atoms in total. The van der Waals surface area contributed by atoms with Gasteiger partial charge in [-0.25, -0.2) is 0 Å². The number of benzene rings is 1. The summed E-state index contributed by atoms with van der Waals surface area (Å²) < 4.78 is 0.773. The number of rotatable bonds is 3. The first-order valence-corrected chi connectivity index (χ1v) is 8.87. The standard InChI is InChI=1S/C16H15NOS3/c1-3-7-10-13(18)14(21-16(10)19)15-17(4-2)11-8-5-6-9-12(11)20-15/h3,5-6,8-10H,1,4,7H2,2H3/b15-14-. The molecule has 2 heterocycles. The van der Waals surface area contributed by atoms with Crippen molar-refractivity contribution in [2.45, 2.75) is 18.2 Å². The van der Waals surface area contributed by atoms with Crippen LogP contribution in [0.2, 0.25) is 0 Å². The number of anilines is 1. The lowest BCUT2D eigenvalue weighted by molar-refractivity contribution is -0.116. The van der Waals surface area contributed by atoms with Crippen LogP contribution in [0.3, 0.4) is 0 Å². The molecule has 0 N–H and O–H groups in total. The molecule has 1 aromatic rings. The average molecular weight is 334 g/mol. The molecule has 0 spiro atoms. The van der Waals surface area contributed by atoms with E-state index in [-0.39, 0.29) is 11.7 Å². The third kappa shape index (κ3) is 2.47. The van der Waals surface area contributed by atoms with Crippen molar-refractivity contribution in [3.63, 3.8) is 0 Å².